The number of hydrogen-bond donors (Lipinski definition) is 1. The Labute approximate surface area is 185 Å². The number of rotatable bonds is 12. The van der Waals surface area contributed by atoms with E-state index >= 15 is 0 Å². The van der Waals surface area contributed by atoms with Gasteiger partial charge in [0.25, 0.3) is 0 Å². The van der Waals surface area contributed by atoms with Crippen LogP contribution in [0, 0.1) is 29.1 Å². The first-order chi connectivity index (χ1) is 15.8. The van der Waals surface area contributed by atoms with Gasteiger partial charge in [-0.25, -0.2) is 27.7 Å². The van der Waals surface area contributed by atoms with E-state index in [9.17, 15) is 31.5 Å². The van der Waals surface area contributed by atoms with Gasteiger partial charge in [0.1, 0.15) is 0 Å². The zero-order chi connectivity index (χ0) is 24.2. The van der Waals surface area contributed by atoms with Crippen LogP contribution in [0.5, 0.6) is 5.75 Å². The third-order valence-electron chi connectivity index (χ3n) is 4.27. The first-order valence-corrected chi connectivity index (χ1v) is 10.0. The van der Waals surface area contributed by atoms with E-state index in [1.54, 1.807) is 12.5 Å². The molecule has 1 aromatic heterocycles. The molecule has 2 rings (SSSR count). The number of aromatic nitrogens is 2. The minimum Gasteiger partial charge on any atom is -0.450 e. The number of alkyl carbamates (subject to hydrolysis) is 1. The predicted octanol–water partition coefficient (Wildman–Crippen LogP) is 4.47. The number of imidazole rings is 1. The normalized spacial score (nSPS) is 10.7. The number of benzene rings is 1. The van der Waals surface area contributed by atoms with Crippen LogP contribution in [-0.4, -0.2) is 41.6 Å². The van der Waals surface area contributed by atoms with Gasteiger partial charge in [0.05, 0.1) is 19.5 Å². The molecule has 0 spiro atoms. The fourth-order valence-corrected chi connectivity index (χ4v) is 2.59. The predicted molar refractivity (Wildman–Crippen MR) is 103 cm³/mol. The second kappa shape index (κ2) is 13.2. The molecule has 1 N–H and O–H groups in total. The van der Waals surface area contributed by atoms with Crippen molar-refractivity contribution in [3.8, 4) is 5.75 Å². The second-order valence-corrected chi connectivity index (χ2v) is 6.73. The average Bonchev–Trinajstić information content (AvgIpc) is 3.32. The highest BCUT2D eigenvalue weighted by Crippen LogP contribution is 2.29. The molecule has 0 bridgehead atoms. The second-order valence-electron chi connectivity index (χ2n) is 6.73. The van der Waals surface area contributed by atoms with Crippen molar-refractivity contribution in [1.82, 2.24) is 14.9 Å². The number of nitrogens with zero attached hydrogens (tertiary/aromatic N) is 2. The largest absolute Gasteiger partial charge is 0.514 e. The summed E-state index contributed by atoms with van der Waals surface area (Å²) in [5, 5.41) is 2.62. The third kappa shape index (κ3) is 8.24. The van der Waals surface area contributed by atoms with Crippen LogP contribution in [0.4, 0.5) is 31.5 Å². The fourth-order valence-electron chi connectivity index (χ4n) is 2.59. The van der Waals surface area contributed by atoms with Crippen molar-refractivity contribution in [2.45, 2.75) is 38.6 Å². The highest BCUT2D eigenvalue weighted by molar-refractivity contribution is 5.67. The highest BCUT2D eigenvalue weighted by Gasteiger charge is 2.28. The smallest absolute Gasteiger partial charge is 0.450 e. The molecule has 0 saturated heterocycles. The maximum Gasteiger partial charge on any atom is 0.514 e. The summed E-state index contributed by atoms with van der Waals surface area (Å²) in [6, 6.07) is 0. The topological polar surface area (TPSA) is 91.7 Å². The van der Waals surface area contributed by atoms with Gasteiger partial charge in [-0.2, -0.15) is 8.78 Å². The monoisotopic (exact) mass is 479 g/mol. The lowest BCUT2D eigenvalue weighted by atomic mass is 10.2. The Kier molecular flexibility index (Phi) is 10.4. The van der Waals surface area contributed by atoms with Crippen molar-refractivity contribution in [1.29, 1.82) is 0 Å². The average molecular weight is 479 g/mol. The molecule has 0 radical (unpaired) electrons. The quantitative estimate of drug-likeness (QED) is 0.121. The molecule has 0 aliphatic heterocycles. The van der Waals surface area contributed by atoms with Crippen molar-refractivity contribution >= 4 is 12.2 Å². The third-order valence-corrected chi connectivity index (χ3v) is 4.27. The van der Waals surface area contributed by atoms with E-state index in [-0.39, 0.29) is 13.2 Å². The van der Waals surface area contributed by atoms with Gasteiger partial charge >= 0.3 is 12.2 Å². The number of amides is 1. The lowest BCUT2D eigenvalue weighted by Gasteiger charge is -2.09. The Hall–Kier alpha value is -3.38. The van der Waals surface area contributed by atoms with Crippen LogP contribution in [-0.2, 0) is 16.0 Å². The number of hydrogen-bond acceptors (Lipinski definition) is 6. The van der Waals surface area contributed by atoms with Gasteiger partial charge in [-0.3, -0.25) is 0 Å². The number of ether oxygens (including phenoxy) is 3. The number of unbranched alkanes of at least 4 members (excludes halogenated alkanes) is 3. The number of carbonyl (C=O) groups excluding carboxylic acids is 2. The Bertz CT molecular complexity index is 898. The van der Waals surface area contributed by atoms with E-state index in [2.05, 4.69) is 19.8 Å². The summed E-state index contributed by atoms with van der Waals surface area (Å²) in [7, 11) is 0. The molecule has 0 unspecified atom stereocenters. The molecule has 0 aliphatic rings. The molecule has 0 aliphatic carbocycles. The molecule has 1 amide bonds. The molecule has 0 fully saturated rings. The molecule has 8 nitrogen and oxygen atoms in total. The zero-order valence-corrected chi connectivity index (χ0v) is 17.4. The van der Waals surface area contributed by atoms with E-state index in [0.717, 1.165) is 13.0 Å². The molecular weight excluding hydrogens is 457 g/mol. The van der Waals surface area contributed by atoms with Gasteiger partial charge in [0.2, 0.25) is 34.8 Å². The summed E-state index contributed by atoms with van der Waals surface area (Å²) in [6.07, 6.45) is 5.84. The molecule has 2 aromatic rings. The Balaban J connectivity index is 1.50. The SMILES string of the molecule is O=C(NCCCn1ccnc1)OCCCCCCOC(=O)Oc1c(F)c(F)c(F)c(F)c1F. The molecule has 0 atom stereocenters. The van der Waals surface area contributed by atoms with E-state index in [1.807, 2.05) is 10.8 Å². The molecule has 13 heteroatoms. The van der Waals surface area contributed by atoms with E-state index < -0.39 is 47.1 Å². The van der Waals surface area contributed by atoms with Crippen LogP contribution < -0.4 is 10.1 Å². The molecular formula is C20H22F5N3O5. The van der Waals surface area contributed by atoms with Crippen LogP contribution in [0.15, 0.2) is 18.7 Å². The zero-order valence-electron chi connectivity index (χ0n) is 17.4. The Morgan fingerprint density at radius 3 is 2.06 bits per heavy atom. The first kappa shape index (κ1) is 25.9. The first-order valence-electron chi connectivity index (χ1n) is 10.0. The molecule has 0 saturated carbocycles. The molecule has 1 heterocycles. The fraction of sp³-hybridized carbons (Fsp3) is 0.450. The number of aryl methyl sites for hydroxylation is 1. The minimum absolute atomic E-state index is 0.191. The van der Waals surface area contributed by atoms with Crippen LogP contribution in [0.3, 0.4) is 0 Å². The van der Waals surface area contributed by atoms with Crippen molar-refractivity contribution in [3.63, 3.8) is 0 Å². The van der Waals surface area contributed by atoms with Crippen molar-refractivity contribution in [2.75, 3.05) is 19.8 Å². The summed E-state index contributed by atoms with van der Waals surface area (Å²) in [4.78, 5) is 26.9. The van der Waals surface area contributed by atoms with Gasteiger partial charge in [-0.1, -0.05) is 0 Å². The maximum absolute atomic E-state index is 13.4. The number of nitrogens with one attached hydrogen (secondary N) is 1. The van der Waals surface area contributed by atoms with Crippen LogP contribution >= 0.6 is 0 Å². The van der Waals surface area contributed by atoms with E-state index in [4.69, 9.17) is 4.74 Å². The van der Waals surface area contributed by atoms with Crippen molar-refractivity contribution in [2.24, 2.45) is 0 Å². The molecule has 182 valence electrons. The van der Waals surface area contributed by atoms with Crippen LogP contribution in [0.2, 0.25) is 0 Å². The summed E-state index contributed by atoms with van der Waals surface area (Å²) in [5.74, 6) is -13.1. The Morgan fingerprint density at radius 2 is 1.45 bits per heavy atom. The highest BCUT2D eigenvalue weighted by atomic mass is 19.2. The Morgan fingerprint density at radius 1 is 0.848 bits per heavy atom. The summed E-state index contributed by atoms with van der Waals surface area (Å²) < 4.78 is 81.5. The van der Waals surface area contributed by atoms with Crippen LogP contribution in [0.1, 0.15) is 32.1 Å². The molecule has 33 heavy (non-hydrogen) atoms. The van der Waals surface area contributed by atoms with Gasteiger partial charge < -0.3 is 24.1 Å². The van der Waals surface area contributed by atoms with Gasteiger partial charge in [-0.15, -0.1) is 0 Å². The standard InChI is InChI=1S/C20H22F5N3O5/c21-13-14(22)16(24)18(17(25)15(13)23)33-20(30)32-11-4-2-1-3-10-31-19(29)27-6-5-8-28-9-7-26-12-28/h7,9,12H,1-6,8,10-11H2,(H,27,29). The van der Waals surface area contributed by atoms with Gasteiger partial charge in [0.15, 0.2) is 0 Å². The molecule has 1 aromatic carbocycles. The maximum atomic E-state index is 13.4. The summed E-state index contributed by atoms with van der Waals surface area (Å²) in [5.41, 5.74) is 0. The number of carbonyl (C=O) groups is 2. The van der Waals surface area contributed by atoms with E-state index in [1.165, 1.54) is 0 Å². The summed E-state index contributed by atoms with van der Waals surface area (Å²) in [6.45, 7) is 1.16. The lowest BCUT2D eigenvalue weighted by Crippen LogP contribution is -2.26. The minimum atomic E-state index is -2.36. The van der Waals surface area contributed by atoms with E-state index in [0.29, 0.717) is 32.2 Å². The van der Waals surface area contributed by atoms with Crippen molar-refractivity contribution in [3.05, 3.63) is 47.8 Å². The number of halogens is 5. The van der Waals surface area contributed by atoms with Crippen molar-refractivity contribution < 1.29 is 45.8 Å². The van der Waals surface area contributed by atoms with Gasteiger partial charge in [0, 0.05) is 25.5 Å². The lowest BCUT2D eigenvalue weighted by molar-refractivity contribution is 0.0928. The van der Waals surface area contributed by atoms with Gasteiger partial charge in [-0.05, 0) is 32.1 Å². The summed E-state index contributed by atoms with van der Waals surface area (Å²) >= 11 is 0. The van der Waals surface area contributed by atoms with Crippen LogP contribution in [0.25, 0.3) is 0 Å².